The Morgan fingerprint density at radius 2 is 1.82 bits per heavy atom. The number of nitrogens with one attached hydrogen (secondary N) is 2. The Hall–Kier alpha value is -3.66. The normalized spacial score (nSPS) is 10.8. The van der Waals surface area contributed by atoms with Gasteiger partial charge >= 0.3 is 0 Å². The van der Waals surface area contributed by atoms with Gasteiger partial charge in [-0.1, -0.05) is 49.9 Å². The molecule has 1 aromatic heterocycles. The molecule has 0 unspecified atom stereocenters. The van der Waals surface area contributed by atoms with Crippen LogP contribution in [0.5, 0.6) is 0 Å². The maximum atomic E-state index is 12.6. The van der Waals surface area contributed by atoms with Crippen molar-refractivity contribution in [2.45, 2.75) is 31.3 Å². The zero-order valence-electron chi connectivity index (χ0n) is 18.4. The summed E-state index contributed by atoms with van der Waals surface area (Å²) in [4.78, 5) is 35.8. The molecular formula is C23H26N6O3S. The smallest absolute Gasteiger partial charge is 0.253 e. The van der Waals surface area contributed by atoms with Crippen molar-refractivity contribution in [3.63, 3.8) is 0 Å². The Balaban J connectivity index is 1.61. The summed E-state index contributed by atoms with van der Waals surface area (Å²) in [6, 6.07) is 14.8. The van der Waals surface area contributed by atoms with Gasteiger partial charge in [0.15, 0.2) is 5.16 Å². The number of rotatable bonds is 10. The molecule has 0 aliphatic heterocycles. The Kier molecular flexibility index (Phi) is 8.20. The van der Waals surface area contributed by atoms with Crippen LogP contribution in [0.1, 0.15) is 42.1 Å². The summed E-state index contributed by atoms with van der Waals surface area (Å²) in [6.07, 6.45) is 1.65. The zero-order valence-corrected chi connectivity index (χ0v) is 19.3. The molecule has 2 aromatic carbocycles. The van der Waals surface area contributed by atoms with Crippen molar-refractivity contribution < 1.29 is 14.4 Å². The maximum Gasteiger partial charge on any atom is 0.253 e. The second kappa shape index (κ2) is 11.3. The van der Waals surface area contributed by atoms with Crippen molar-refractivity contribution in [1.82, 2.24) is 20.1 Å². The van der Waals surface area contributed by atoms with Gasteiger partial charge in [-0.3, -0.25) is 19.0 Å². The Morgan fingerprint density at radius 1 is 1.09 bits per heavy atom. The van der Waals surface area contributed by atoms with Crippen molar-refractivity contribution in [1.29, 1.82) is 0 Å². The highest BCUT2D eigenvalue weighted by Crippen LogP contribution is 2.22. The summed E-state index contributed by atoms with van der Waals surface area (Å²) in [5.74, 6) is -0.671. The van der Waals surface area contributed by atoms with Gasteiger partial charge < -0.3 is 16.4 Å². The van der Waals surface area contributed by atoms with E-state index in [2.05, 4.69) is 46.8 Å². The largest absolute Gasteiger partial charge is 0.370 e. The third-order valence-electron chi connectivity index (χ3n) is 4.79. The molecule has 3 aromatic rings. The van der Waals surface area contributed by atoms with Crippen molar-refractivity contribution in [2.75, 3.05) is 17.6 Å². The van der Waals surface area contributed by atoms with Crippen LogP contribution in [0, 0.1) is 0 Å². The van der Waals surface area contributed by atoms with Crippen LogP contribution < -0.4 is 16.4 Å². The van der Waals surface area contributed by atoms with E-state index in [1.807, 2.05) is 16.7 Å². The number of thioether (sulfide) groups is 1. The number of nitrogens with two attached hydrogens (primary N) is 1. The van der Waals surface area contributed by atoms with E-state index in [-0.39, 0.29) is 24.6 Å². The van der Waals surface area contributed by atoms with E-state index >= 15 is 0 Å². The average Bonchev–Trinajstić information content (AvgIpc) is 3.26. The highest BCUT2D eigenvalue weighted by molar-refractivity contribution is 7.99. The van der Waals surface area contributed by atoms with Crippen molar-refractivity contribution in [2.24, 2.45) is 5.73 Å². The minimum atomic E-state index is -0.502. The van der Waals surface area contributed by atoms with Gasteiger partial charge in [-0.2, -0.15) is 0 Å². The van der Waals surface area contributed by atoms with Gasteiger partial charge in [-0.25, -0.2) is 0 Å². The lowest BCUT2D eigenvalue weighted by Crippen LogP contribution is -2.29. The zero-order chi connectivity index (χ0) is 23.8. The Labute approximate surface area is 196 Å². The van der Waals surface area contributed by atoms with E-state index in [1.165, 1.54) is 17.3 Å². The third-order valence-corrected chi connectivity index (χ3v) is 5.73. The highest BCUT2D eigenvalue weighted by Gasteiger charge is 2.15. The van der Waals surface area contributed by atoms with E-state index in [0.29, 0.717) is 22.3 Å². The first-order chi connectivity index (χ1) is 15.8. The molecule has 0 aliphatic rings. The van der Waals surface area contributed by atoms with Crippen LogP contribution in [0.15, 0.2) is 60.0 Å². The minimum Gasteiger partial charge on any atom is -0.370 e. The first-order valence-electron chi connectivity index (χ1n) is 10.4. The average molecular weight is 467 g/mol. The number of carbonyl (C=O) groups is 3. The summed E-state index contributed by atoms with van der Waals surface area (Å²) in [5.41, 5.74) is 7.91. The molecule has 0 bridgehead atoms. The molecule has 0 atom stereocenters. The fraction of sp³-hybridized carbons (Fsp3) is 0.261. The van der Waals surface area contributed by atoms with Crippen LogP contribution >= 0.6 is 11.8 Å². The standard InChI is InChI=1S/C23H26N6O3S/c1-15(2)16-7-9-17(10-8-16)29-14-26-28-23(29)33-13-21(31)27-19-6-4-3-5-18(19)22(32)25-12-11-20(24)30/h3-10,14-15H,11-13H2,1-2H3,(H2,24,30)(H,25,32)(H,27,31). The van der Waals surface area contributed by atoms with E-state index in [9.17, 15) is 14.4 Å². The van der Waals surface area contributed by atoms with Crippen LogP contribution in [0.4, 0.5) is 5.69 Å². The summed E-state index contributed by atoms with van der Waals surface area (Å²) in [7, 11) is 0. The number of primary amides is 1. The van der Waals surface area contributed by atoms with Crippen LogP contribution in [-0.4, -0.2) is 44.8 Å². The molecular weight excluding hydrogens is 440 g/mol. The maximum absolute atomic E-state index is 12.6. The number of aromatic nitrogens is 3. The van der Waals surface area contributed by atoms with Gasteiger partial charge in [0.05, 0.1) is 17.0 Å². The number of para-hydroxylation sites is 1. The van der Waals surface area contributed by atoms with E-state index in [4.69, 9.17) is 5.73 Å². The lowest BCUT2D eigenvalue weighted by atomic mass is 10.0. The molecule has 3 rings (SSSR count). The molecule has 172 valence electrons. The summed E-state index contributed by atoms with van der Waals surface area (Å²) >= 11 is 1.24. The molecule has 1 heterocycles. The molecule has 3 amide bonds. The van der Waals surface area contributed by atoms with E-state index in [1.54, 1.807) is 30.6 Å². The molecule has 0 saturated carbocycles. The fourth-order valence-electron chi connectivity index (χ4n) is 3.02. The number of hydrogen-bond acceptors (Lipinski definition) is 6. The van der Waals surface area contributed by atoms with Crippen molar-refractivity contribution in [3.05, 3.63) is 66.0 Å². The SMILES string of the molecule is CC(C)c1ccc(-n2cnnc2SCC(=O)Nc2ccccc2C(=O)NCCC(N)=O)cc1. The number of anilines is 1. The van der Waals surface area contributed by atoms with Gasteiger partial charge in [0.25, 0.3) is 5.91 Å². The van der Waals surface area contributed by atoms with E-state index < -0.39 is 11.8 Å². The third kappa shape index (κ3) is 6.66. The Bertz CT molecular complexity index is 1130. The summed E-state index contributed by atoms with van der Waals surface area (Å²) in [6.45, 7) is 4.40. The summed E-state index contributed by atoms with van der Waals surface area (Å²) in [5, 5.41) is 14.1. The molecule has 10 heteroatoms. The van der Waals surface area contributed by atoms with Gasteiger partial charge in [0.1, 0.15) is 6.33 Å². The summed E-state index contributed by atoms with van der Waals surface area (Å²) < 4.78 is 1.82. The topological polar surface area (TPSA) is 132 Å². The first kappa shape index (κ1) is 24.0. The first-order valence-corrected chi connectivity index (χ1v) is 11.4. The van der Waals surface area contributed by atoms with Crippen molar-refractivity contribution in [3.8, 4) is 5.69 Å². The van der Waals surface area contributed by atoms with Crippen LogP contribution in [-0.2, 0) is 9.59 Å². The second-order valence-electron chi connectivity index (χ2n) is 7.58. The van der Waals surface area contributed by atoms with Crippen molar-refractivity contribution >= 4 is 35.2 Å². The molecule has 33 heavy (non-hydrogen) atoms. The molecule has 4 N–H and O–H groups in total. The fourth-order valence-corrected chi connectivity index (χ4v) is 3.75. The number of amides is 3. The molecule has 9 nitrogen and oxygen atoms in total. The Morgan fingerprint density at radius 3 is 2.52 bits per heavy atom. The number of hydrogen-bond donors (Lipinski definition) is 3. The molecule has 0 fully saturated rings. The number of benzene rings is 2. The van der Waals surface area contributed by atoms with Gasteiger partial charge in [0.2, 0.25) is 11.8 Å². The minimum absolute atomic E-state index is 0.0395. The molecule has 0 spiro atoms. The van der Waals surface area contributed by atoms with E-state index in [0.717, 1.165) is 5.69 Å². The highest BCUT2D eigenvalue weighted by atomic mass is 32.2. The predicted molar refractivity (Wildman–Crippen MR) is 127 cm³/mol. The molecule has 0 aliphatic carbocycles. The predicted octanol–water partition coefficient (Wildman–Crippen LogP) is 2.73. The number of nitrogens with zero attached hydrogens (tertiary/aromatic N) is 3. The van der Waals surface area contributed by atoms with Crippen LogP contribution in [0.2, 0.25) is 0 Å². The lowest BCUT2D eigenvalue weighted by molar-refractivity contribution is -0.118. The van der Waals surface area contributed by atoms with Gasteiger partial charge in [0, 0.05) is 18.7 Å². The van der Waals surface area contributed by atoms with Gasteiger partial charge in [-0.15, -0.1) is 10.2 Å². The number of carbonyl (C=O) groups excluding carboxylic acids is 3. The molecule has 0 radical (unpaired) electrons. The lowest BCUT2D eigenvalue weighted by Gasteiger charge is -2.11. The second-order valence-corrected chi connectivity index (χ2v) is 8.53. The van der Waals surface area contributed by atoms with Crippen LogP contribution in [0.3, 0.4) is 0 Å². The molecule has 0 saturated heterocycles. The quantitative estimate of drug-likeness (QED) is 0.394. The monoisotopic (exact) mass is 466 g/mol. The van der Waals surface area contributed by atoms with Crippen LogP contribution in [0.25, 0.3) is 5.69 Å². The van der Waals surface area contributed by atoms with Gasteiger partial charge in [-0.05, 0) is 35.7 Å².